The summed E-state index contributed by atoms with van der Waals surface area (Å²) in [7, 11) is -4.05. The summed E-state index contributed by atoms with van der Waals surface area (Å²) in [6.07, 6.45) is 0. The number of anilines is 1. The summed E-state index contributed by atoms with van der Waals surface area (Å²) in [5, 5.41) is 0.753. The molecule has 0 aliphatic heterocycles. The molecular formula is C31H26N2O5S. The van der Waals surface area contributed by atoms with Crippen molar-refractivity contribution in [3.63, 3.8) is 0 Å². The van der Waals surface area contributed by atoms with Crippen molar-refractivity contribution in [3.05, 3.63) is 132 Å². The van der Waals surface area contributed by atoms with Gasteiger partial charge >= 0.3 is 5.97 Å². The maximum absolute atomic E-state index is 13.8. The molecule has 1 heterocycles. The Morgan fingerprint density at radius 3 is 2.23 bits per heavy atom. The van der Waals surface area contributed by atoms with Crippen LogP contribution in [0.3, 0.4) is 0 Å². The number of hydrogen-bond donors (Lipinski definition) is 1. The molecule has 0 bridgehead atoms. The van der Waals surface area contributed by atoms with Crippen LogP contribution in [0.15, 0.2) is 114 Å². The van der Waals surface area contributed by atoms with Crippen LogP contribution in [-0.2, 0) is 21.3 Å². The van der Waals surface area contributed by atoms with Crippen LogP contribution >= 0.6 is 0 Å². The molecule has 5 rings (SSSR count). The quantitative estimate of drug-likeness (QED) is 0.186. The van der Waals surface area contributed by atoms with Crippen LogP contribution in [-0.4, -0.2) is 31.8 Å². The molecule has 5 aromatic rings. The fourth-order valence-electron chi connectivity index (χ4n) is 4.49. The number of Topliss-reactive ketones (excluding diaryl/α,β-unsaturated/α-hetero) is 1. The molecule has 0 atom stereocenters. The Balaban J connectivity index is 1.38. The first-order valence-corrected chi connectivity index (χ1v) is 13.8. The van der Waals surface area contributed by atoms with Gasteiger partial charge in [0, 0.05) is 22.2 Å². The standard InChI is InChI=1S/C31H26N2O5S/c1-22-30(27-17-8-9-18-28(27)32-22)29(34)21-38-31(35)24-13-10-16-26(19-24)39(36,37)33(25-14-6-3-7-15-25)20-23-11-4-2-5-12-23/h2-19,32H,20-21H2,1H3. The highest BCUT2D eigenvalue weighted by Gasteiger charge is 2.26. The van der Waals surface area contributed by atoms with Crippen molar-refractivity contribution in [1.82, 2.24) is 4.98 Å². The zero-order chi connectivity index (χ0) is 27.4. The highest BCUT2D eigenvalue weighted by atomic mass is 32.2. The lowest BCUT2D eigenvalue weighted by molar-refractivity contribution is 0.0474. The third kappa shape index (κ3) is 5.46. The molecule has 7 nitrogen and oxygen atoms in total. The van der Waals surface area contributed by atoms with Crippen molar-refractivity contribution in [3.8, 4) is 0 Å². The van der Waals surface area contributed by atoms with Gasteiger partial charge in [0.2, 0.25) is 5.78 Å². The summed E-state index contributed by atoms with van der Waals surface area (Å²) in [6, 6.07) is 31.1. The number of benzene rings is 4. The molecule has 196 valence electrons. The van der Waals surface area contributed by atoms with Crippen molar-refractivity contribution < 1.29 is 22.7 Å². The largest absolute Gasteiger partial charge is 0.454 e. The maximum Gasteiger partial charge on any atom is 0.338 e. The number of aryl methyl sites for hydroxylation is 1. The van der Waals surface area contributed by atoms with Gasteiger partial charge in [-0.25, -0.2) is 13.2 Å². The monoisotopic (exact) mass is 538 g/mol. The molecule has 0 aliphatic rings. The zero-order valence-corrected chi connectivity index (χ0v) is 22.0. The number of esters is 1. The third-order valence-corrected chi connectivity index (χ3v) is 8.15. The Labute approximate surface area is 226 Å². The smallest absolute Gasteiger partial charge is 0.338 e. The predicted molar refractivity (Wildman–Crippen MR) is 150 cm³/mol. The number of nitrogens with one attached hydrogen (secondary N) is 1. The zero-order valence-electron chi connectivity index (χ0n) is 21.2. The van der Waals surface area contributed by atoms with E-state index in [9.17, 15) is 18.0 Å². The lowest BCUT2D eigenvalue weighted by Crippen LogP contribution is -2.30. The summed E-state index contributed by atoms with van der Waals surface area (Å²) in [6.45, 7) is 1.43. The van der Waals surface area contributed by atoms with Gasteiger partial charge in [0.1, 0.15) is 0 Å². The van der Waals surface area contributed by atoms with Crippen molar-refractivity contribution in [1.29, 1.82) is 0 Å². The van der Waals surface area contributed by atoms with Gasteiger partial charge in [0.15, 0.2) is 6.61 Å². The summed E-state index contributed by atoms with van der Waals surface area (Å²) in [5.74, 6) is -1.13. The van der Waals surface area contributed by atoms with Crippen LogP contribution in [0.5, 0.6) is 0 Å². The lowest BCUT2D eigenvalue weighted by Gasteiger charge is -2.25. The van der Waals surface area contributed by atoms with Gasteiger partial charge < -0.3 is 9.72 Å². The minimum absolute atomic E-state index is 0.0345. The van der Waals surface area contributed by atoms with Crippen LogP contribution < -0.4 is 4.31 Å². The van der Waals surface area contributed by atoms with E-state index in [0.29, 0.717) is 16.9 Å². The van der Waals surface area contributed by atoms with Crippen molar-refractivity contribution in [2.75, 3.05) is 10.9 Å². The first kappa shape index (κ1) is 25.9. The molecular weight excluding hydrogens is 512 g/mol. The number of para-hydroxylation sites is 2. The maximum atomic E-state index is 13.8. The van der Waals surface area contributed by atoms with Crippen molar-refractivity contribution in [2.24, 2.45) is 0 Å². The van der Waals surface area contributed by atoms with Crippen molar-refractivity contribution >= 4 is 38.4 Å². The lowest BCUT2D eigenvalue weighted by atomic mass is 10.1. The summed E-state index contributed by atoms with van der Waals surface area (Å²) in [4.78, 5) is 28.9. The van der Waals surface area contributed by atoms with Gasteiger partial charge in [-0.2, -0.15) is 0 Å². The number of rotatable bonds is 9. The van der Waals surface area contributed by atoms with Gasteiger partial charge in [-0.3, -0.25) is 9.10 Å². The Morgan fingerprint density at radius 2 is 1.49 bits per heavy atom. The molecule has 0 aliphatic carbocycles. The molecule has 1 N–H and O–H groups in total. The number of hydrogen-bond acceptors (Lipinski definition) is 5. The summed E-state index contributed by atoms with van der Waals surface area (Å²) < 4.78 is 34.2. The number of fused-ring (bicyclic) bond motifs is 1. The number of carbonyl (C=O) groups excluding carboxylic acids is 2. The molecule has 0 radical (unpaired) electrons. The molecule has 1 aromatic heterocycles. The molecule has 0 spiro atoms. The second-order valence-corrected chi connectivity index (χ2v) is 10.9. The van der Waals surface area contributed by atoms with E-state index in [-0.39, 0.29) is 22.8 Å². The van der Waals surface area contributed by atoms with Gasteiger partial charge in [-0.1, -0.05) is 72.8 Å². The van der Waals surface area contributed by atoms with Crippen LogP contribution in [0.2, 0.25) is 0 Å². The molecule has 0 saturated heterocycles. The molecule has 4 aromatic carbocycles. The first-order valence-electron chi connectivity index (χ1n) is 12.3. The van der Waals surface area contributed by atoms with E-state index in [1.54, 1.807) is 31.2 Å². The topological polar surface area (TPSA) is 96.5 Å². The van der Waals surface area contributed by atoms with Crippen LogP contribution in [0.25, 0.3) is 10.9 Å². The first-order chi connectivity index (χ1) is 18.8. The van der Waals surface area contributed by atoms with Crippen LogP contribution in [0.4, 0.5) is 5.69 Å². The van der Waals surface area contributed by atoms with Crippen LogP contribution in [0.1, 0.15) is 32.0 Å². The number of carbonyl (C=O) groups is 2. The number of aromatic amines is 1. The van der Waals surface area contributed by atoms with Crippen molar-refractivity contribution in [2.45, 2.75) is 18.4 Å². The fourth-order valence-corrected chi connectivity index (χ4v) is 5.99. The molecule has 0 amide bonds. The molecule has 0 unspecified atom stereocenters. The molecule has 8 heteroatoms. The average molecular weight is 539 g/mol. The average Bonchev–Trinajstić information content (AvgIpc) is 3.31. The van der Waals surface area contributed by atoms with Gasteiger partial charge in [-0.15, -0.1) is 0 Å². The van der Waals surface area contributed by atoms with E-state index in [4.69, 9.17) is 4.74 Å². The van der Waals surface area contributed by atoms with E-state index in [1.807, 2.05) is 60.7 Å². The molecule has 0 fully saturated rings. The highest BCUT2D eigenvalue weighted by molar-refractivity contribution is 7.92. The molecule has 0 saturated carbocycles. The number of nitrogens with zero attached hydrogens (tertiary/aromatic N) is 1. The Hall–Kier alpha value is -4.69. The van der Waals surface area contributed by atoms with Crippen LogP contribution in [0, 0.1) is 6.92 Å². The number of H-pyrrole nitrogens is 1. The Kier molecular flexibility index (Phi) is 7.29. The van der Waals surface area contributed by atoms with E-state index < -0.39 is 22.6 Å². The minimum Gasteiger partial charge on any atom is -0.454 e. The highest BCUT2D eigenvalue weighted by Crippen LogP contribution is 2.27. The molecule has 39 heavy (non-hydrogen) atoms. The number of sulfonamides is 1. The van der Waals surface area contributed by atoms with E-state index in [1.165, 1.54) is 28.6 Å². The van der Waals surface area contributed by atoms with E-state index in [0.717, 1.165) is 16.5 Å². The summed E-state index contributed by atoms with van der Waals surface area (Å²) in [5.41, 5.74) is 3.31. The second kappa shape index (κ2) is 11.0. The normalized spacial score (nSPS) is 11.3. The van der Waals surface area contributed by atoms with Gasteiger partial charge in [-0.05, 0) is 48.9 Å². The fraction of sp³-hybridized carbons (Fsp3) is 0.0968. The number of ether oxygens (including phenoxy) is 1. The SMILES string of the molecule is Cc1[nH]c2ccccc2c1C(=O)COC(=O)c1cccc(S(=O)(=O)N(Cc2ccccc2)c2ccccc2)c1. The van der Waals surface area contributed by atoms with E-state index >= 15 is 0 Å². The second-order valence-electron chi connectivity index (χ2n) is 9.03. The Morgan fingerprint density at radius 1 is 0.821 bits per heavy atom. The number of aromatic nitrogens is 1. The predicted octanol–water partition coefficient (Wildman–Crippen LogP) is 5.91. The van der Waals surface area contributed by atoms with Gasteiger partial charge in [0.25, 0.3) is 10.0 Å². The minimum atomic E-state index is -4.05. The Bertz CT molecular complexity index is 1750. The number of ketones is 1. The van der Waals surface area contributed by atoms with Gasteiger partial charge in [0.05, 0.1) is 22.7 Å². The third-order valence-electron chi connectivity index (χ3n) is 6.38. The summed E-state index contributed by atoms with van der Waals surface area (Å²) >= 11 is 0. The van der Waals surface area contributed by atoms with E-state index in [2.05, 4.69) is 4.98 Å².